The van der Waals surface area contributed by atoms with E-state index in [2.05, 4.69) is 75.0 Å². The zero-order chi connectivity index (χ0) is 32.1. The minimum absolute atomic E-state index is 0.0824. The molecular formula is C34H42N6O5. The summed E-state index contributed by atoms with van der Waals surface area (Å²) in [4.78, 5) is 39.0. The van der Waals surface area contributed by atoms with Crippen molar-refractivity contribution in [3.63, 3.8) is 0 Å². The molecule has 0 bridgehead atoms. The van der Waals surface area contributed by atoms with Gasteiger partial charge in [-0.05, 0) is 78.6 Å². The topological polar surface area (TPSA) is 142 Å². The number of hydrogen-bond acceptors (Lipinski definition) is 9. The van der Waals surface area contributed by atoms with Crippen LogP contribution in [0.1, 0.15) is 71.8 Å². The summed E-state index contributed by atoms with van der Waals surface area (Å²) < 4.78 is 5.33. The number of nitrogens with zero attached hydrogens (tertiary/aromatic N) is 5. The molecule has 1 aromatic heterocycles. The van der Waals surface area contributed by atoms with E-state index in [9.17, 15) is 19.5 Å². The van der Waals surface area contributed by atoms with E-state index < -0.39 is 35.8 Å². The molecule has 1 saturated heterocycles. The first-order valence-corrected chi connectivity index (χ1v) is 15.9. The smallest absolute Gasteiger partial charge is 0.328 e. The SMILES string of the molecule is CCCCC1C(Cc2ccc(-c3ccccc3-c3nnn[nH]3)cc2)=CN2C(C)CCC(C(=O)C(C(=O)O)C(=O)OC(C)CC)N12. The predicted molar refractivity (Wildman–Crippen MR) is 168 cm³/mol. The van der Waals surface area contributed by atoms with E-state index >= 15 is 0 Å². The van der Waals surface area contributed by atoms with Gasteiger partial charge in [0.25, 0.3) is 0 Å². The zero-order valence-corrected chi connectivity index (χ0v) is 26.3. The van der Waals surface area contributed by atoms with E-state index in [-0.39, 0.29) is 12.1 Å². The number of carboxylic acids is 1. The van der Waals surface area contributed by atoms with Gasteiger partial charge in [-0.15, -0.1) is 5.10 Å². The van der Waals surface area contributed by atoms with Crippen molar-refractivity contribution >= 4 is 17.7 Å². The second kappa shape index (κ2) is 14.2. The van der Waals surface area contributed by atoms with Crippen LogP contribution in [0.3, 0.4) is 0 Å². The number of aliphatic carboxylic acids is 1. The summed E-state index contributed by atoms with van der Waals surface area (Å²) in [7, 11) is 0. The number of unbranched alkanes of at least 4 members (excludes halogenated alkanes) is 1. The van der Waals surface area contributed by atoms with Crippen LogP contribution in [0.2, 0.25) is 0 Å². The highest BCUT2D eigenvalue weighted by molar-refractivity contribution is 6.16. The Morgan fingerprint density at radius 1 is 1.07 bits per heavy atom. The Morgan fingerprint density at radius 3 is 2.44 bits per heavy atom. The highest BCUT2D eigenvalue weighted by Gasteiger charge is 2.49. The van der Waals surface area contributed by atoms with Crippen LogP contribution in [-0.2, 0) is 25.5 Å². The molecule has 238 valence electrons. The van der Waals surface area contributed by atoms with Crippen molar-refractivity contribution in [3.8, 4) is 22.5 Å². The molecule has 11 nitrogen and oxygen atoms in total. The molecule has 5 atom stereocenters. The Hall–Kier alpha value is -4.38. The van der Waals surface area contributed by atoms with Gasteiger partial charge in [-0.25, -0.2) is 10.1 Å². The average molecular weight is 615 g/mol. The zero-order valence-electron chi connectivity index (χ0n) is 26.3. The van der Waals surface area contributed by atoms with Crippen LogP contribution in [0.25, 0.3) is 22.5 Å². The number of benzene rings is 2. The molecule has 11 heteroatoms. The third-order valence-electron chi connectivity index (χ3n) is 8.96. The normalized spacial score (nSPS) is 21.1. The summed E-state index contributed by atoms with van der Waals surface area (Å²) in [5, 5.41) is 28.5. The molecule has 0 amide bonds. The molecule has 3 aromatic rings. The number of aromatic amines is 1. The van der Waals surface area contributed by atoms with Crippen molar-refractivity contribution in [2.45, 2.75) is 96.9 Å². The number of ketones is 1. The van der Waals surface area contributed by atoms with Crippen molar-refractivity contribution in [3.05, 3.63) is 65.9 Å². The first kappa shape index (κ1) is 32.0. The lowest BCUT2D eigenvalue weighted by Crippen LogP contribution is -2.60. The molecule has 2 N–H and O–H groups in total. The lowest BCUT2D eigenvalue weighted by molar-refractivity contribution is -0.169. The van der Waals surface area contributed by atoms with Crippen LogP contribution < -0.4 is 0 Å². The van der Waals surface area contributed by atoms with Crippen LogP contribution in [-0.4, -0.2) is 77.7 Å². The van der Waals surface area contributed by atoms with Gasteiger partial charge in [0.05, 0.1) is 18.2 Å². The molecule has 2 aliphatic rings. The fourth-order valence-electron chi connectivity index (χ4n) is 6.33. The Labute approximate surface area is 263 Å². The maximum absolute atomic E-state index is 13.9. The summed E-state index contributed by atoms with van der Waals surface area (Å²) >= 11 is 0. The van der Waals surface area contributed by atoms with Crippen molar-refractivity contribution < 1.29 is 24.2 Å². The number of carbonyl (C=O) groups is 3. The predicted octanol–water partition coefficient (Wildman–Crippen LogP) is 5.21. The number of carbonyl (C=O) groups excluding carboxylic acids is 2. The second-order valence-electron chi connectivity index (χ2n) is 12.1. The van der Waals surface area contributed by atoms with Crippen LogP contribution >= 0.6 is 0 Å². The molecular weight excluding hydrogens is 572 g/mol. The Morgan fingerprint density at radius 2 is 1.80 bits per heavy atom. The largest absolute Gasteiger partial charge is 0.480 e. The molecule has 3 heterocycles. The average Bonchev–Trinajstić information content (AvgIpc) is 3.69. The van der Waals surface area contributed by atoms with Gasteiger partial charge < -0.3 is 14.9 Å². The number of H-pyrrole nitrogens is 1. The number of nitrogens with one attached hydrogen (secondary N) is 1. The highest BCUT2D eigenvalue weighted by Crippen LogP contribution is 2.39. The first-order chi connectivity index (χ1) is 21.7. The number of fused-ring (bicyclic) bond motifs is 1. The Balaban J connectivity index is 1.40. The number of ether oxygens (including phenoxy) is 1. The molecule has 0 aliphatic carbocycles. The van der Waals surface area contributed by atoms with Crippen LogP contribution in [0.5, 0.6) is 0 Å². The molecule has 5 unspecified atom stereocenters. The number of Topliss-reactive ketones (excluding diaryl/α,β-unsaturated/α-hetero) is 1. The molecule has 45 heavy (non-hydrogen) atoms. The standard InChI is InChI=1S/C34H42N6O5/c1-5-7-12-28-25(19-23-14-16-24(17-15-23)26-10-8-9-11-27(26)32-35-37-38-36-32)20-39-21(3)13-18-29(40(28)39)31(41)30(33(42)43)34(44)45-22(4)6-2/h8-11,14-17,20-22,28-30H,5-7,12-13,18-19H2,1-4H3,(H,42,43)(H,35,36,37,38). The van der Waals surface area contributed by atoms with Gasteiger partial charge in [0.15, 0.2) is 11.6 Å². The van der Waals surface area contributed by atoms with Crippen LogP contribution in [0.4, 0.5) is 0 Å². The number of esters is 1. The number of tetrazole rings is 1. The van der Waals surface area contributed by atoms with Crippen LogP contribution in [0.15, 0.2) is 60.3 Å². The van der Waals surface area contributed by atoms with Crippen molar-refractivity contribution in [2.24, 2.45) is 5.92 Å². The van der Waals surface area contributed by atoms with Crippen molar-refractivity contribution in [1.82, 2.24) is 30.6 Å². The van der Waals surface area contributed by atoms with E-state index in [1.165, 1.54) is 5.57 Å². The third kappa shape index (κ3) is 6.83. The minimum Gasteiger partial charge on any atom is -0.480 e. The van der Waals surface area contributed by atoms with Gasteiger partial charge in [-0.2, -0.15) is 0 Å². The molecule has 0 spiro atoms. The number of hydrogen-bond donors (Lipinski definition) is 2. The van der Waals surface area contributed by atoms with E-state index in [1.807, 2.05) is 31.2 Å². The van der Waals surface area contributed by atoms with E-state index in [1.54, 1.807) is 6.92 Å². The van der Waals surface area contributed by atoms with E-state index in [0.29, 0.717) is 31.5 Å². The van der Waals surface area contributed by atoms with Gasteiger partial charge in [-0.1, -0.05) is 75.2 Å². The fourth-order valence-corrected chi connectivity index (χ4v) is 6.33. The summed E-state index contributed by atoms with van der Waals surface area (Å²) in [6.07, 6.45) is 6.83. The lowest BCUT2D eigenvalue weighted by atomic mass is 9.89. The van der Waals surface area contributed by atoms with Crippen LogP contribution in [0, 0.1) is 5.92 Å². The van der Waals surface area contributed by atoms with E-state index in [4.69, 9.17) is 4.74 Å². The lowest BCUT2D eigenvalue weighted by Gasteiger charge is -2.47. The molecule has 1 fully saturated rings. The van der Waals surface area contributed by atoms with E-state index in [0.717, 1.165) is 41.5 Å². The van der Waals surface area contributed by atoms with Gasteiger partial charge >= 0.3 is 11.9 Å². The number of rotatable bonds is 13. The fraction of sp³-hybridized carbons (Fsp3) is 0.471. The maximum atomic E-state index is 13.9. The molecule has 5 rings (SSSR count). The molecule has 2 aromatic carbocycles. The number of carboxylic acid groups (broad SMARTS) is 1. The second-order valence-corrected chi connectivity index (χ2v) is 12.1. The van der Waals surface area contributed by atoms with Crippen molar-refractivity contribution in [1.29, 1.82) is 0 Å². The van der Waals surface area contributed by atoms with Gasteiger partial charge in [0.2, 0.25) is 5.92 Å². The van der Waals surface area contributed by atoms with Gasteiger partial charge in [0, 0.05) is 17.8 Å². The molecule has 2 aliphatic heterocycles. The summed E-state index contributed by atoms with van der Waals surface area (Å²) in [5.41, 5.74) is 5.27. The van der Waals surface area contributed by atoms with Crippen molar-refractivity contribution in [2.75, 3.05) is 0 Å². The summed E-state index contributed by atoms with van der Waals surface area (Å²) in [5.74, 6) is -4.29. The molecule has 0 radical (unpaired) electrons. The van der Waals surface area contributed by atoms with Gasteiger partial charge in [0.1, 0.15) is 0 Å². The Kier molecular flexibility index (Phi) is 10.1. The monoisotopic (exact) mass is 614 g/mol. The third-order valence-corrected chi connectivity index (χ3v) is 8.96. The number of hydrazine groups is 1. The number of aromatic nitrogens is 4. The minimum atomic E-state index is -1.85. The Bertz CT molecular complexity index is 1520. The molecule has 0 saturated carbocycles. The quantitative estimate of drug-likeness (QED) is 0.195. The first-order valence-electron chi connectivity index (χ1n) is 15.9. The summed E-state index contributed by atoms with van der Waals surface area (Å²) in [6, 6.07) is 15.7. The highest BCUT2D eigenvalue weighted by atomic mass is 16.5. The maximum Gasteiger partial charge on any atom is 0.328 e. The summed E-state index contributed by atoms with van der Waals surface area (Å²) in [6.45, 7) is 7.79. The van der Waals surface area contributed by atoms with Gasteiger partial charge in [-0.3, -0.25) is 14.4 Å².